The molecular weight excluding hydrogens is 574 g/mol. The maximum atomic E-state index is 13.6. The van der Waals surface area contributed by atoms with Crippen LogP contribution in [0.15, 0.2) is 82.8 Å². The first-order valence-corrected chi connectivity index (χ1v) is 14.5. The molecule has 2 N–H and O–H groups in total. The first kappa shape index (κ1) is 29.7. The summed E-state index contributed by atoms with van der Waals surface area (Å²) in [6, 6.07) is 15.9. The standard InChI is InChI=1S/C33H33N7O5/c1-37(2)24-8-9-26-22(15-24)18-35-40(32(26)43)29-6-4-5-25(27(29)20-41)23-16-28(33(44)38(3)19-23)36-30-10-7-21(17-34-30)31(42)39-11-13-45-14-12-39/h4-10,15-19,41H,11-14,20H2,1-3H3,(H,34,36). The van der Waals surface area contributed by atoms with Crippen LogP contribution in [0.4, 0.5) is 17.2 Å². The molecule has 0 unspecified atom stereocenters. The summed E-state index contributed by atoms with van der Waals surface area (Å²) in [7, 11) is 5.49. The van der Waals surface area contributed by atoms with E-state index in [2.05, 4.69) is 15.4 Å². The second kappa shape index (κ2) is 12.3. The van der Waals surface area contributed by atoms with Gasteiger partial charge in [0.15, 0.2) is 0 Å². The van der Waals surface area contributed by atoms with Crippen molar-refractivity contribution in [1.82, 2.24) is 24.2 Å². The number of hydrogen-bond acceptors (Lipinski definition) is 9. The van der Waals surface area contributed by atoms with Gasteiger partial charge in [-0.15, -0.1) is 0 Å². The lowest BCUT2D eigenvalue weighted by atomic mass is 9.99. The largest absolute Gasteiger partial charge is 0.392 e. The van der Waals surface area contributed by atoms with Gasteiger partial charge in [0.05, 0.1) is 42.7 Å². The molecule has 1 aliphatic rings. The average molecular weight is 608 g/mol. The number of aryl methyl sites for hydroxylation is 1. The minimum Gasteiger partial charge on any atom is -0.392 e. The van der Waals surface area contributed by atoms with Crippen molar-refractivity contribution in [2.24, 2.45) is 7.05 Å². The van der Waals surface area contributed by atoms with Crippen LogP contribution in [0.3, 0.4) is 0 Å². The summed E-state index contributed by atoms with van der Waals surface area (Å²) in [5, 5.41) is 19.3. The molecular formula is C33H33N7O5. The summed E-state index contributed by atoms with van der Waals surface area (Å²) >= 11 is 0. The summed E-state index contributed by atoms with van der Waals surface area (Å²) < 4.78 is 8.05. The van der Waals surface area contributed by atoms with Gasteiger partial charge in [0, 0.05) is 68.8 Å². The number of benzene rings is 2. The van der Waals surface area contributed by atoms with Gasteiger partial charge in [0.25, 0.3) is 17.0 Å². The molecule has 0 bridgehead atoms. The summed E-state index contributed by atoms with van der Waals surface area (Å²) in [6.45, 7) is 1.70. The van der Waals surface area contributed by atoms with E-state index in [-0.39, 0.29) is 29.3 Å². The molecule has 4 heterocycles. The Morgan fingerprint density at radius 1 is 1.02 bits per heavy atom. The Balaban J connectivity index is 1.34. The number of carbonyl (C=O) groups excluding carboxylic acids is 1. The molecule has 3 aromatic heterocycles. The van der Waals surface area contributed by atoms with Crippen molar-refractivity contribution in [3.05, 3.63) is 105 Å². The van der Waals surface area contributed by atoms with Gasteiger partial charge in [0.1, 0.15) is 11.5 Å². The van der Waals surface area contributed by atoms with Crippen LogP contribution in [-0.2, 0) is 18.4 Å². The summed E-state index contributed by atoms with van der Waals surface area (Å²) in [6.07, 6.45) is 4.79. The number of ether oxygens (including phenoxy) is 1. The fourth-order valence-corrected chi connectivity index (χ4v) is 5.43. The summed E-state index contributed by atoms with van der Waals surface area (Å²) in [4.78, 5) is 47.5. The molecule has 5 aromatic rings. The fourth-order valence-electron chi connectivity index (χ4n) is 5.43. The predicted octanol–water partition coefficient (Wildman–Crippen LogP) is 2.92. The molecule has 12 nitrogen and oxygen atoms in total. The van der Waals surface area contributed by atoms with E-state index in [0.29, 0.717) is 70.8 Å². The van der Waals surface area contributed by atoms with Gasteiger partial charge in [-0.2, -0.15) is 9.78 Å². The van der Waals surface area contributed by atoms with Crippen molar-refractivity contribution in [3.63, 3.8) is 0 Å². The molecule has 0 atom stereocenters. The number of anilines is 3. The molecule has 1 saturated heterocycles. The fraction of sp³-hybridized carbons (Fsp3) is 0.242. The van der Waals surface area contributed by atoms with E-state index >= 15 is 0 Å². The third kappa shape index (κ3) is 5.80. The third-order valence-electron chi connectivity index (χ3n) is 7.89. The Bertz CT molecular complexity index is 2010. The minimum absolute atomic E-state index is 0.120. The van der Waals surface area contributed by atoms with Gasteiger partial charge in [-0.05, 0) is 48.0 Å². The van der Waals surface area contributed by atoms with E-state index in [4.69, 9.17) is 4.74 Å². The van der Waals surface area contributed by atoms with Crippen molar-refractivity contribution in [3.8, 4) is 16.8 Å². The number of pyridine rings is 2. The molecule has 0 spiro atoms. The lowest BCUT2D eigenvalue weighted by Crippen LogP contribution is -2.40. The van der Waals surface area contributed by atoms with Crippen LogP contribution in [0, 0.1) is 0 Å². The molecule has 0 aliphatic carbocycles. The lowest BCUT2D eigenvalue weighted by molar-refractivity contribution is 0.0302. The zero-order chi connectivity index (χ0) is 31.7. The van der Waals surface area contributed by atoms with Gasteiger partial charge in [-0.25, -0.2) is 4.98 Å². The van der Waals surface area contributed by atoms with Crippen molar-refractivity contribution >= 4 is 33.9 Å². The van der Waals surface area contributed by atoms with Crippen molar-refractivity contribution in [2.45, 2.75) is 6.61 Å². The van der Waals surface area contributed by atoms with Crippen LogP contribution in [-0.4, -0.2) is 75.6 Å². The number of nitrogens with zero attached hydrogens (tertiary/aromatic N) is 6. The number of carbonyl (C=O) groups is 1. The Labute approximate surface area is 258 Å². The number of aliphatic hydroxyl groups excluding tert-OH is 1. The van der Waals surface area contributed by atoms with Gasteiger partial charge in [0.2, 0.25) is 0 Å². The summed E-state index contributed by atoms with van der Waals surface area (Å²) in [5.74, 6) is 0.272. The highest BCUT2D eigenvalue weighted by Crippen LogP contribution is 2.30. The van der Waals surface area contributed by atoms with Crippen LogP contribution < -0.4 is 21.3 Å². The minimum atomic E-state index is -0.372. The quantitative estimate of drug-likeness (QED) is 0.286. The van der Waals surface area contributed by atoms with Crippen LogP contribution in [0.25, 0.3) is 27.6 Å². The van der Waals surface area contributed by atoms with Gasteiger partial charge < -0.3 is 29.5 Å². The Morgan fingerprint density at radius 3 is 2.53 bits per heavy atom. The molecule has 1 amide bonds. The topological polar surface area (TPSA) is 135 Å². The molecule has 230 valence electrons. The highest BCUT2D eigenvalue weighted by atomic mass is 16.5. The van der Waals surface area contributed by atoms with Crippen LogP contribution in [0.2, 0.25) is 0 Å². The number of aromatic nitrogens is 4. The lowest BCUT2D eigenvalue weighted by Gasteiger charge is -2.26. The number of amides is 1. The van der Waals surface area contributed by atoms with E-state index in [1.54, 1.807) is 60.7 Å². The zero-order valence-electron chi connectivity index (χ0n) is 25.2. The van der Waals surface area contributed by atoms with E-state index in [1.165, 1.54) is 15.4 Å². The Kier molecular flexibility index (Phi) is 8.16. The molecule has 12 heteroatoms. The van der Waals surface area contributed by atoms with Crippen LogP contribution in [0.1, 0.15) is 15.9 Å². The van der Waals surface area contributed by atoms with Gasteiger partial charge in [-0.1, -0.05) is 12.1 Å². The van der Waals surface area contributed by atoms with Gasteiger partial charge in [-0.3, -0.25) is 14.4 Å². The van der Waals surface area contributed by atoms with E-state index in [1.807, 2.05) is 37.2 Å². The van der Waals surface area contributed by atoms with Crippen molar-refractivity contribution in [1.29, 1.82) is 0 Å². The number of morpholine rings is 1. The first-order chi connectivity index (χ1) is 21.7. The molecule has 45 heavy (non-hydrogen) atoms. The SMILES string of the molecule is CN(C)c1ccc2c(=O)n(-c3cccc(-c4cc(Nc5ccc(C(=O)N6CCOCC6)cn5)c(=O)n(C)c4)c3CO)ncc2c1. The number of nitrogens with one attached hydrogen (secondary N) is 1. The van der Waals surface area contributed by atoms with E-state index < -0.39 is 0 Å². The third-order valence-corrected chi connectivity index (χ3v) is 7.89. The molecule has 1 fully saturated rings. The molecule has 0 radical (unpaired) electrons. The first-order valence-electron chi connectivity index (χ1n) is 14.5. The second-order valence-electron chi connectivity index (χ2n) is 11.0. The Morgan fingerprint density at radius 2 is 1.82 bits per heavy atom. The monoisotopic (exact) mass is 607 g/mol. The molecule has 2 aromatic carbocycles. The van der Waals surface area contributed by atoms with Crippen LogP contribution >= 0.6 is 0 Å². The smallest absolute Gasteiger partial charge is 0.279 e. The van der Waals surface area contributed by atoms with Crippen LogP contribution in [0.5, 0.6) is 0 Å². The second-order valence-corrected chi connectivity index (χ2v) is 11.0. The van der Waals surface area contributed by atoms with Crippen molar-refractivity contribution in [2.75, 3.05) is 50.6 Å². The maximum absolute atomic E-state index is 13.6. The number of aliphatic hydroxyl groups is 1. The highest BCUT2D eigenvalue weighted by molar-refractivity contribution is 5.94. The number of hydrogen-bond donors (Lipinski definition) is 2. The molecule has 1 aliphatic heterocycles. The average Bonchev–Trinajstić information content (AvgIpc) is 3.06. The molecule has 6 rings (SSSR count). The maximum Gasteiger partial charge on any atom is 0.279 e. The normalized spacial score (nSPS) is 13.2. The number of rotatable bonds is 7. The molecule has 0 saturated carbocycles. The zero-order valence-corrected chi connectivity index (χ0v) is 25.2. The van der Waals surface area contributed by atoms with Gasteiger partial charge >= 0.3 is 0 Å². The highest BCUT2D eigenvalue weighted by Gasteiger charge is 2.20. The van der Waals surface area contributed by atoms with E-state index in [0.717, 1.165) is 5.69 Å². The number of fused-ring (bicyclic) bond motifs is 1. The predicted molar refractivity (Wildman–Crippen MR) is 173 cm³/mol. The van der Waals surface area contributed by atoms with Crippen molar-refractivity contribution < 1.29 is 14.6 Å². The summed E-state index contributed by atoms with van der Waals surface area (Å²) in [5.41, 5.74) is 3.22. The Hall–Kier alpha value is -5.33. The van der Waals surface area contributed by atoms with E-state index in [9.17, 15) is 19.5 Å².